The largest absolute Gasteiger partial charge is 0.311 e. The molecule has 0 heterocycles. The van der Waals surface area contributed by atoms with E-state index < -0.39 is 5.41 Å². The van der Waals surface area contributed by atoms with Gasteiger partial charge in [-0.05, 0) is 173 Å². The first-order valence-electron chi connectivity index (χ1n) is 25.3. The molecule has 0 aliphatic heterocycles. The maximum atomic E-state index is 2.55. The maximum Gasteiger partial charge on any atom is 0.0714 e. The molecule has 0 fully saturated rings. The van der Waals surface area contributed by atoms with Gasteiger partial charge in [0.15, 0.2) is 0 Å². The van der Waals surface area contributed by atoms with E-state index >= 15 is 0 Å². The summed E-state index contributed by atoms with van der Waals surface area (Å²) in [5.41, 5.74) is 16.0. The topological polar surface area (TPSA) is 6.48 Å². The van der Waals surface area contributed by atoms with Crippen molar-refractivity contribution in [3.8, 4) is 22.3 Å². The smallest absolute Gasteiger partial charge is 0.0714 e. The van der Waals surface area contributed by atoms with E-state index in [1.807, 2.05) is 0 Å². The van der Waals surface area contributed by atoms with Gasteiger partial charge in [-0.25, -0.2) is 0 Å². The summed E-state index contributed by atoms with van der Waals surface area (Å²) in [7, 11) is 0. The van der Waals surface area contributed by atoms with Gasteiger partial charge in [-0.2, -0.15) is 0 Å². The lowest BCUT2D eigenvalue weighted by Gasteiger charge is -2.35. The molecule has 0 N–H and O–H groups in total. The van der Waals surface area contributed by atoms with Crippen molar-refractivity contribution in [2.75, 3.05) is 9.80 Å². The predicted molar refractivity (Wildman–Crippen MR) is 309 cm³/mol. The Morgan fingerprint density at radius 3 is 0.986 bits per heavy atom. The monoisotopic (exact) mass is 928 g/mol. The molecule has 2 heteroatoms. The zero-order valence-corrected chi connectivity index (χ0v) is 40.1. The van der Waals surface area contributed by atoms with E-state index in [0.29, 0.717) is 0 Å². The molecule has 13 aromatic carbocycles. The maximum absolute atomic E-state index is 2.55. The summed E-state index contributed by atoms with van der Waals surface area (Å²) in [4.78, 5) is 4.73. The molecule has 2 nitrogen and oxygen atoms in total. The lowest BCUT2D eigenvalue weighted by Crippen LogP contribution is -2.29. The third-order valence-electron chi connectivity index (χ3n) is 15.2. The molecule has 0 spiro atoms. The second kappa shape index (κ2) is 17.4. The summed E-state index contributed by atoms with van der Waals surface area (Å²) in [5.74, 6) is 0. The van der Waals surface area contributed by atoms with Crippen LogP contribution in [0.2, 0.25) is 0 Å². The lowest BCUT2D eigenvalue weighted by atomic mass is 9.67. The zero-order chi connectivity index (χ0) is 48.3. The van der Waals surface area contributed by atoms with Crippen molar-refractivity contribution in [1.82, 2.24) is 0 Å². The van der Waals surface area contributed by atoms with Crippen molar-refractivity contribution in [2.24, 2.45) is 0 Å². The number of hydrogen-bond donors (Lipinski definition) is 0. The minimum atomic E-state index is -0.644. The van der Waals surface area contributed by atoms with E-state index in [1.165, 1.54) is 87.6 Å². The van der Waals surface area contributed by atoms with Crippen molar-refractivity contribution in [2.45, 2.75) is 5.41 Å². The first-order chi connectivity index (χ1) is 36.2. The van der Waals surface area contributed by atoms with Gasteiger partial charge in [0.2, 0.25) is 0 Å². The normalized spacial score (nSPS) is 12.5. The number of rotatable bonds is 10. The van der Waals surface area contributed by atoms with Crippen LogP contribution < -0.4 is 9.80 Å². The van der Waals surface area contributed by atoms with Crippen LogP contribution in [0.4, 0.5) is 34.1 Å². The fraction of sp³-hybridized carbons (Fsp3) is 0.0141. The quantitative estimate of drug-likeness (QED) is 0.0996. The highest BCUT2D eigenvalue weighted by atomic mass is 15.1. The van der Waals surface area contributed by atoms with Gasteiger partial charge in [-0.15, -0.1) is 0 Å². The zero-order valence-electron chi connectivity index (χ0n) is 40.1. The minimum absolute atomic E-state index is 0.644. The third kappa shape index (κ3) is 6.79. The van der Waals surface area contributed by atoms with E-state index in [2.05, 4.69) is 301 Å². The van der Waals surface area contributed by atoms with E-state index in [9.17, 15) is 0 Å². The van der Waals surface area contributed by atoms with Crippen LogP contribution in [0.1, 0.15) is 22.3 Å². The van der Waals surface area contributed by atoms with Crippen LogP contribution >= 0.6 is 0 Å². The van der Waals surface area contributed by atoms with Crippen LogP contribution in [0.5, 0.6) is 0 Å². The predicted octanol–water partition coefficient (Wildman–Crippen LogP) is 19.3. The number of benzene rings is 13. The number of hydrogen-bond acceptors (Lipinski definition) is 2. The Kier molecular flexibility index (Phi) is 10.1. The molecule has 0 atom stereocenters. The summed E-state index contributed by atoms with van der Waals surface area (Å²) in [6.07, 6.45) is 0. The number of anilines is 6. The van der Waals surface area contributed by atoms with Gasteiger partial charge in [0, 0.05) is 34.1 Å². The van der Waals surface area contributed by atoms with Crippen LogP contribution in [0, 0.1) is 0 Å². The molecule has 13 aromatic rings. The first-order valence-corrected chi connectivity index (χ1v) is 25.3. The average Bonchev–Trinajstić information content (AvgIpc) is 3.77. The molecule has 1 aliphatic carbocycles. The molecule has 14 rings (SSSR count). The van der Waals surface area contributed by atoms with E-state index in [1.54, 1.807) is 0 Å². The molecular weight excluding hydrogens is 881 g/mol. The lowest BCUT2D eigenvalue weighted by molar-refractivity contribution is 0.771. The second-order valence-corrected chi connectivity index (χ2v) is 19.2. The molecule has 1 aliphatic rings. The fourth-order valence-electron chi connectivity index (χ4n) is 12.2. The molecule has 0 aromatic heterocycles. The molecule has 342 valence electrons. The van der Waals surface area contributed by atoms with Crippen molar-refractivity contribution in [3.63, 3.8) is 0 Å². The summed E-state index contributed by atoms with van der Waals surface area (Å²) < 4.78 is 0. The highest BCUT2D eigenvalue weighted by molar-refractivity contribution is 6.24. The van der Waals surface area contributed by atoms with Crippen molar-refractivity contribution >= 4 is 77.2 Å². The highest BCUT2D eigenvalue weighted by Crippen LogP contribution is 2.59. The van der Waals surface area contributed by atoms with E-state index in [4.69, 9.17) is 0 Å². The molecule has 0 saturated carbocycles. The van der Waals surface area contributed by atoms with Gasteiger partial charge in [-0.3, -0.25) is 0 Å². The molecule has 0 saturated heterocycles. The molecule has 0 amide bonds. The average molecular weight is 929 g/mol. The van der Waals surface area contributed by atoms with Crippen molar-refractivity contribution < 1.29 is 0 Å². The number of nitrogens with zero attached hydrogens (tertiary/aromatic N) is 2. The van der Waals surface area contributed by atoms with Crippen LogP contribution in [0.15, 0.2) is 291 Å². The highest BCUT2D eigenvalue weighted by Gasteiger charge is 2.46. The third-order valence-corrected chi connectivity index (χ3v) is 15.2. The Labute approximate surface area is 425 Å². The van der Waals surface area contributed by atoms with E-state index in [-0.39, 0.29) is 0 Å². The summed E-state index contributed by atoms with van der Waals surface area (Å²) in [5, 5.41) is 9.99. The Bertz CT molecular complexity index is 3980. The van der Waals surface area contributed by atoms with Crippen LogP contribution in [-0.2, 0) is 5.41 Å². The molecule has 0 radical (unpaired) electrons. The standard InChI is InChI=1S/C71H48N2/c1-7-23-53(24-8-1)71(54-25-9-2-10-26-54)65-47-52(45-50-39-40-51-46-60(48-66(71)70(51)69(50)65)73(57-31-15-5-16-32-57)58-33-17-6-18-34-58)68-63-37-21-19-35-61(63)67(62-36-20-22-38-64(62)68)49-41-43-59(44-42-49)72(55-27-11-3-12-28-55)56-29-13-4-14-30-56/h1-48H. The van der Waals surface area contributed by atoms with Crippen LogP contribution in [-0.4, -0.2) is 0 Å². The summed E-state index contributed by atoms with van der Waals surface area (Å²) >= 11 is 0. The Morgan fingerprint density at radius 1 is 0.233 bits per heavy atom. The SMILES string of the molecule is c1ccc(N(c2ccccc2)c2ccc(-c3c4ccccc4c(-c4cc5c6c(ccc7cc(N(c8ccccc8)c8ccccc8)cc(c76)C5(c5ccccc5)c5ccccc5)c4)c4ccccc34)cc2)cc1. The molecule has 73 heavy (non-hydrogen) atoms. The van der Waals surface area contributed by atoms with Gasteiger partial charge in [0.25, 0.3) is 0 Å². The van der Waals surface area contributed by atoms with Gasteiger partial charge >= 0.3 is 0 Å². The Balaban J connectivity index is 1.01. The summed E-state index contributed by atoms with van der Waals surface area (Å²) in [6.45, 7) is 0. The number of fused-ring (bicyclic) bond motifs is 2. The van der Waals surface area contributed by atoms with E-state index in [0.717, 1.165) is 34.1 Å². The van der Waals surface area contributed by atoms with Gasteiger partial charge in [0.05, 0.1) is 5.41 Å². The molecule has 0 unspecified atom stereocenters. The van der Waals surface area contributed by atoms with Gasteiger partial charge in [0.1, 0.15) is 0 Å². The minimum Gasteiger partial charge on any atom is -0.311 e. The van der Waals surface area contributed by atoms with Crippen LogP contribution in [0.3, 0.4) is 0 Å². The second-order valence-electron chi connectivity index (χ2n) is 19.2. The Hall–Kier alpha value is -9.50. The van der Waals surface area contributed by atoms with Crippen molar-refractivity contribution in [1.29, 1.82) is 0 Å². The van der Waals surface area contributed by atoms with Gasteiger partial charge in [-0.1, -0.05) is 206 Å². The Morgan fingerprint density at radius 2 is 0.562 bits per heavy atom. The molecular formula is C71H48N2. The summed E-state index contributed by atoms with van der Waals surface area (Å²) in [6, 6.07) is 107. The number of para-hydroxylation sites is 4. The van der Waals surface area contributed by atoms with Gasteiger partial charge < -0.3 is 9.80 Å². The fourth-order valence-corrected chi connectivity index (χ4v) is 12.2. The molecule has 0 bridgehead atoms. The van der Waals surface area contributed by atoms with Crippen LogP contribution in [0.25, 0.3) is 65.3 Å². The first kappa shape index (κ1) is 42.4. The van der Waals surface area contributed by atoms with Crippen molar-refractivity contribution in [3.05, 3.63) is 313 Å².